The van der Waals surface area contributed by atoms with Gasteiger partial charge < -0.3 is 9.30 Å². The molecule has 9 aromatic rings. The van der Waals surface area contributed by atoms with Gasteiger partial charge in [-0.05, 0) is 92.7 Å². The van der Waals surface area contributed by atoms with E-state index in [-0.39, 0.29) is 0 Å². The van der Waals surface area contributed by atoms with Crippen LogP contribution in [0.3, 0.4) is 0 Å². The van der Waals surface area contributed by atoms with Gasteiger partial charge in [-0.3, -0.25) is 0 Å². The fraction of sp³-hybridized carbons (Fsp3) is 0.0213. The fourth-order valence-electron chi connectivity index (χ4n) is 8.86. The number of hydrogen-bond donors (Lipinski definition) is 0. The minimum absolute atomic E-state index is 0.486. The molecule has 11 rings (SSSR count). The zero-order valence-corrected chi connectivity index (χ0v) is 26.6. The number of benzene rings is 8. The van der Waals surface area contributed by atoms with Crippen molar-refractivity contribution in [1.82, 2.24) is 4.57 Å². The zero-order valence-electron chi connectivity index (χ0n) is 26.6. The van der Waals surface area contributed by atoms with Crippen LogP contribution < -0.4 is 4.74 Å². The van der Waals surface area contributed by atoms with Gasteiger partial charge in [-0.1, -0.05) is 127 Å². The zero-order chi connectivity index (χ0) is 32.1. The maximum Gasteiger partial charge on any atom is 0.132 e. The molecule has 0 amide bonds. The van der Waals surface area contributed by atoms with Crippen LogP contribution in [0.4, 0.5) is 0 Å². The first-order valence-corrected chi connectivity index (χ1v) is 16.9. The van der Waals surface area contributed by atoms with Crippen molar-refractivity contribution in [3.05, 3.63) is 198 Å². The molecule has 0 saturated heterocycles. The molecule has 1 aliphatic heterocycles. The summed E-state index contributed by atoms with van der Waals surface area (Å²) < 4.78 is 9.10. The van der Waals surface area contributed by atoms with Crippen molar-refractivity contribution in [3.63, 3.8) is 0 Å². The lowest BCUT2D eigenvalue weighted by Crippen LogP contribution is -2.32. The molecule has 2 heteroatoms. The van der Waals surface area contributed by atoms with E-state index in [9.17, 15) is 0 Å². The van der Waals surface area contributed by atoms with Crippen LogP contribution in [0, 0.1) is 0 Å². The highest BCUT2D eigenvalue weighted by molar-refractivity contribution is 6.21. The highest BCUT2D eigenvalue weighted by Gasteiger charge is 2.50. The summed E-state index contributed by atoms with van der Waals surface area (Å²) in [6, 6.07) is 64.1. The number of rotatable bonds is 2. The van der Waals surface area contributed by atoms with Gasteiger partial charge in [0.1, 0.15) is 11.5 Å². The Morgan fingerprint density at radius 2 is 1.02 bits per heavy atom. The van der Waals surface area contributed by atoms with Crippen molar-refractivity contribution in [2.75, 3.05) is 0 Å². The van der Waals surface area contributed by atoms with Crippen molar-refractivity contribution in [2.24, 2.45) is 0 Å². The third-order valence-corrected chi connectivity index (χ3v) is 10.8. The van der Waals surface area contributed by atoms with E-state index in [0.29, 0.717) is 0 Å². The van der Waals surface area contributed by atoms with Gasteiger partial charge in [-0.25, -0.2) is 0 Å². The quantitative estimate of drug-likeness (QED) is 0.187. The van der Waals surface area contributed by atoms with Crippen LogP contribution in [0.2, 0.25) is 0 Å². The lowest BCUT2D eigenvalue weighted by molar-refractivity contribution is 0.436. The van der Waals surface area contributed by atoms with Gasteiger partial charge in [0, 0.05) is 27.6 Å². The molecule has 228 valence electrons. The van der Waals surface area contributed by atoms with Gasteiger partial charge in [0.2, 0.25) is 0 Å². The summed E-state index contributed by atoms with van der Waals surface area (Å²) in [5, 5.41) is 5.03. The summed E-state index contributed by atoms with van der Waals surface area (Å²) in [6.07, 6.45) is 0. The van der Waals surface area contributed by atoms with Gasteiger partial charge in [-0.15, -0.1) is 0 Å². The summed E-state index contributed by atoms with van der Waals surface area (Å²) in [5.41, 5.74) is 13.0. The second-order valence-electron chi connectivity index (χ2n) is 13.2. The van der Waals surface area contributed by atoms with Gasteiger partial charge >= 0.3 is 0 Å². The molecule has 2 nitrogen and oxygen atoms in total. The second kappa shape index (κ2) is 9.82. The molecule has 1 aromatic heterocycles. The summed E-state index contributed by atoms with van der Waals surface area (Å²) in [4.78, 5) is 0. The minimum atomic E-state index is -0.486. The van der Waals surface area contributed by atoms with Crippen LogP contribution in [0.5, 0.6) is 11.5 Å². The van der Waals surface area contributed by atoms with E-state index >= 15 is 0 Å². The Kier molecular flexibility index (Phi) is 5.34. The molecule has 1 spiro atoms. The van der Waals surface area contributed by atoms with Gasteiger partial charge in [0.15, 0.2) is 0 Å². The topological polar surface area (TPSA) is 14.2 Å². The molecule has 2 heterocycles. The van der Waals surface area contributed by atoms with E-state index < -0.39 is 5.41 Å². The summed E-state index contributed by atoms with van der Waals surface area (Å²) >= 11 is 0. The normalized spacial score (nSPS) is 13.6. The molecule has 0 bridgehead atoms. The molecule has 0 atom stereocenters. The van der Waals surface area contributed by atoms with Crippen LogP contribution in [-0.4, -0.2) is 4.57 Å². The van der Waals surface area contributed by atoms with Gasteiger partial charge in [0.25, 0.3) is 0 Å². The molecule has 1 aliphatic carbocycles. The third-order valence-electron chi connectivity index (χ3n) is 10.8. The molecule has 0 N–H and O–H groups in total. The Morgan fingerprint density at radius 3 is 1.84 bits per heavy atom. The molecule has 2 aliphatic rings. The molecular formula is C47H29NO. The predicted octanol–water partition coefficient (Wildman–Crippen LogP) is 12.1. The predicted molar refractivity (Wildman–Crippen MR) is 201 cm³/mol. The average molecular weight is 624 g/mol. The Balaban J connectivity index is 1.18. The van der Waals surface area contributed by atoms with E-state index in [2.05, 4.69) is 180 Å². The standard InChI is InChI=1S/C47H29NO/c1-2-12-33(13-3-1)48-42-20-10-6-16-36(42)46-37-28-31(23-22-30(37)24-26-43(46)48)32-25-27-45-41(29-32)47(40-19-9-11-21-44(40)49-45)38-17-7-4-14-34(38)35-15-5-8-18-39(35)47/h1-29H. The first kappa shape index (κ1) is 26.7. The van der Waals surface area contributed by atoms with E-state index in [0.717, 1.165) is 11.5 Å². The maximum atomic E-state index is 6.70. The Labute approximate surface area is 284 Å². The van der Waals surface area contributed by atoms with Gasteiger partial charge in [-0.2, -0.15) is 0 Å². The number of nitrogens with zero attached hydrogens (tertiary/aromatic N) is 1. The number of fused-ring (bicyclic) bond motifs is 14. The van der Waals surface area contributed by atoms with Crippen LogP contribution >= 0.6 is 0 Å². The summed E-state index contributed by atoms with van der Waals surface area (Å²) in [7, 11) is 0. The highest BCUT2D eigenvalue weighted by Crippen LogP contribution is 2.62. The van der Waals surface area contributed by atoms with E-state index in [4.69, 9.17) is 4.74 Å². The Morgan fingerprint density at radius 1 is 0.408 bits per heavy atom. The van der Waals surface area contributed by atoms with E-state index in [1.54, 1.807) is 0 Å². The highest BCUT2D eigenvalue weighted by atomic mass is 16.5. The molecule has 0 fully saturated rings. The van der Waals surface area contributed by atoms with Crippen molar-refractivity contribution < 1.29 is 4.74 Å². The van der Waals surface area contributed by atoms with Gasteiger partial charge in [0.05, 0.1) is 16.4 Å². The summed E-state index contributed by atoms with van der Waals surface area (Å²) in [5.74, 6) is 1.82. The van der Waals surface area contributed by atoms with Crippen LogP contribution in [0.25, 0.3) is 60.5 Å². The van der Waals surface area contributed by atoms with E-state index in [1.165, 1.54) is 82.8 Å². The number of ether oxygens (including phenoxy) is 1. The molecule has 0 radical (unpaired) electrons. The second-order valence-corrected chi connectivity index (χ2v) is 13.2. The number of hydrogen-bond acceptors (Lipinski definition) is 1. The minimum Gasteiger partial charge on any atom is -0.457 e. The van der Waals surface area contributed by atoms with Crippen molar-refractivity contribution in [2.45, 2.75) is 5.41 Å². The molecule has 0 unspecified atom stereocenters. The molecule has 8 aromatic carbocycles. The lowest BCUT2D eigenvalue weighted by atomic mass is 9.66. The molecular weight excluding hydrogens is 595 g/mol. The SMILES string of the molecule is c1ccc(-n2c3ccccc3c3c4cc(-c5ccc6c(c5)C5(c7ccccc7O6)c6ccccc6-c6ccccc65)ccc4ccc32)cc1. The van der Waals surface area contributed by atoms with Crippen LogP contribution in [0.15, 0.2) is 176 Å². The van der Waals surface area contributed by atoms with Crippen LogP contribution in [-0.2, 0) is 5.41 Å². The first-order chi connectivity index (χ1) is 24.3. The third kappa shape index (κ3) is 3.50. The number of para-hydroxylation sites is 3. The van der Waals surface area contributed by atoms with Crippen LogP contribution in [0.1, 0.15) is 22.3 Å². The maximum absolute atomic E-state index is 6.70. The Hall–Kier alpha value is -6.38. The van der Waals surface area contributed by atoms with Crippen molar-refractivity contribution >= 4 is 32.6 Å². The first-order valence-electron chi connectivity index (χ1n) is 16.9. The molecule has 0 saturated carbocycles. The summed E-state index contributed by atoms with van der Waals surface area (Å²) in [6.45, 7) is 0. The smallest absolute Gasteiger partial charge is 0.132 e. The van der Waals surface area contributed by atoms with E-state index in [1.807, 2.05) is 0 Å². The number of aromatic nitrogens is 1. The Bertz CT molecular complexity index is 2760. The fourth-order valence-corrected chi connectivity index (χ4v) is 8.86. The van der Waals surface area contributed by atoms with Crippen molar-refractivity contribution in [3.8, 4) is 39.4 Å². The lowest BCUT2D eigenvalue weighted by Gasteiger charge is -2.39. The van der Waals surface area contributed by atoms with Crippen molar-refractivity contribution in [1.29, 1.82) is 0 Å². The molecule has 49 heavy (non-hydrogen) atoms. The average Bonchev–Trinajstić information content (AvgIpc) is 3.66. The largest absolute Gasteiger partial charge is 0.457 e. The monoisotopic (exact) mass is 623 g/mol.